The number of hydrogen-bond acceptors (Lipinski definition) is 2. The Bertz CT molecular complexity index is 685. The highest BCUT2D eigenvalue weighted by molar-refractivity contribution is 5.90. The molecule has 2 aromatic rings. The second kappa shape index (κ2) is 7.77. The number of nitrogens with one attached hydrogen (secondary N) is 1. The lowest BCUT2D eigenvalue weighted by atomic mass is 10.1. The summed E-state index contributed by atoms with van der Waals surface area (Å²) >= 11 is 0. The van der Waals surface area contributed by atoms with Crippen LogP contribution >= 0.6 is 0 Å². The van der Waals surface area contributed by atoms with Crippen molar-refractivity contribution in [2.24, 2.45) is 0 Å². The molecule has 2 aromatic carbocycles. The van der Waals surface area contributed by atoms with E-state index in [-0.39, 0.29) is 17.9 Å². The fraction of sp³-hybridized carbons (Fsp3) is 0.300. The van der Waals surface area contributed by atoms with E-state index in [2.05, 4.69) is 17.4 Å². The van der Waals surface area contributed by atoms with Crippen LogP contribution in [0.2, 0.25) is 0 Å². The fourth-order valence-electron chi connectivity index (χ4n) is 3.00. The van der Waals surface area contributed by atoms with Gasteiger partial charge in [0.05, 0.1) is 0 Å². The lowest BCUT2D eigenvalue weighted by Crippen LogP contribution is -2.44. The van der Waals surface area contributed by atoms with Crippen molar-refractivity contribution in [2.75, 3.05) is 6.54 Å². The molecule has 3 rings (SSSR count). The highest BCUT2D eigenvalue weighted by Crippen LogP contribution is 2.14. The first-order valence-electron chi connectivity index (χ1n) is 8.38. The Morgan fingerprint density at radius 1 is 1.00 bits per heavy atom. The maximum absolute atomic E-state index is 12.8. The third-order valence-corrected chi connectivity index (χ3v) is 4.33. The molecular formula is C20H22N2O2. The van der Waals surface area contributed by atoms with Crippen LogP contribution in [-0.4, -0.2) is 29.3 Å². The molecule has 0 aromatic heterocycles. The van der Waals surface area contributed by atoms with Crippen LogP contribution in [0.3, 0.4) is 0 Å². The largest absolute Gasteiger partial charge is 0.344 e. The van der Waals surface area contributed by atoms with Gasteiger partial charge in [0.25, 0.3) is 0 Å². The SMILES string of the molecule is O=C1CCC(C(=O)N(CCc2ccccc2)Cc2ccccc2)N1. The smallest absolute Gasteiger partial charge is 0.245 e. The number of nitrogens with zero attached hydrogens (tertiary/aromatic N) is 1. The quantitative estimate of drug-likeness (QED) is 0.888. The molecule has 2 amide bonds. The molecule has 1 N–H and O–H groups in total. The van der Waals surface area contributed by atoms with E-state index < -0.39 is 0 Å². The van der Waals surface area contributed by atoms with Crippen molar-refractivity contribution in [1.82, 2.24) is 10.2 Å². The highest BCUT2D eigenvalue weighted by Gasteiger charge is 2.30. The average molecular weight is 322 g/mol. The fourth-order valence-corrected chi connectivity index (χ4v) is 3.00. The molecule has 4 nitrogen and oxygen atoms in total. The van der Waals surface area contributed by atoms with Crippen molar-refractivity contribution in [2.45, 2.75) is 31.8 Å². The highest BCUT2D eigenvalue weighted by atomic mass is 16.2. The number of hydrogen-bond donors (Lipinski definition) is 1. The first kappa shape index (κ1) is 16.2. The van der Waals surface area contributed by atoms with E-state index in [4.69, 9.17) is 0 Å². The van der Waals surface area contributed by atoms with Gasteiger partial charge >= 0.3 is 0 Å². The van der Waals surface area contributed by atoms with Crippen LogP contribution in [0.15, 0.2) is 60.7 Å². The molecule has 1 heterocycles. The van der Waals surface area contributed by atoms with Gasteiger partial charge in [-0.2, -0.15) is 0 Å². The van der Waals surface area contributed by atoms with E-state index in [0.29, 0.717) is 25.9 Å². The maximum Gasteiger partial charge on any atom is 0.245 e. The zero-order chi connectivity index (χ0) is 16.8. The van der Waals surface area contributed by atoms with Gasteiger partial charge in [-0.05, 0) is 24.0 Å². The summed E-state index contributed by atoms with van der Waals surface area (Å²) in [4.78, 5) is 26.1. The normalized spacial score (nSPS) is 16.7. The Hall–Kier alpha value is -2.62. The van der Waals surface area contributed by atoms with Gasteiger partial charge in [-0.15, -0.1) is 0 Å². The van der Waals surface area contributed by atoms with Crippen molar-refractivity contribution in [3.63, 3.8) is 0 Å². The van der Waals surface area contributed by atoms with Crippen molar-refractivity contribution >= 4 is 11.8 Å². The zero-order valence-corrected chi connectivity index (χ0v) is 13.7. The minimum atomic E-state index is -0.378. The summed E-state index contributed by atoms with van der Waals surface area (Å²) in [5, 5.41) is 2.79. The number of carbonyl (C=O) groups is 2. The molecule has 1 atom stereocenters. The van der Waals surface area contributed by atoms with Crippen LogP contribution < -0.4 is 5.32 Å². The Morgan fingerprint density at radius 3 is 2.21 bits per heavy atom. The van der Waals surface area contributed by atoms with Crippen LogP contribution in [0.25, 0.3) is 0 Å². The van der Waals surface area contributed by atoms with Gasteiger partial charge in [-0.3, -0.25) is 9.59 Å². The average Bonchev–Trinajstić information content (AvgIpc) is 3.06. The molecule has 1 unspecified atom stereocenters. The Morgan fingerprint density at radius 2 is 1.62 bits per heavy atom. The standard InChI is InChI=1S/C20H22N2O2/c23-19-12-11-18(21-19)20(24)22(15-17-9-5-2-6-10-17)14-13-16-7-3-1-4-8-16/h1-10,18H,11-15H2,(H,21,23). The predicted octanol–water partition coefficient (Wildman–Crippen LogP) is 2.54. The minimum Gasteiger partial charge on any atom is -0.344 e. The lowest BCUT2D eigenvalue weighted by molar-refractivity contribution is -0.135. The van der Waals surface area contributed by atoms with Gasteiger partial charge in [-0.1, -0.05) is 60.7 Å². The van der Waals surface area contributed by atoms with Crippen LogP contribution in [0, 0.1) is 0 Å². The number of carbonyl (C=O) groups excluding carboxylic acids is 2. The van der Waals surface area contributed by atoms with Gasteiger partial charge in [-0.25, -0.2) is 0 Å². The monoisotopic (exact) mass is 322 g/mol. The molecule has 1 aliphatic rings. The Balaban J connectivity index is 1.70. The molecule has 0 bridgehead atoms. The van der Waals surface area contributed by atoms with Crippen molar-refractivity contribution in [3.8, 4) is 0 Å². The van der Waals surface area contributed by atoms with Crippen LogP contribution in [0.1, 0.15) is 24.0 Å². The Kier molecular flexibility index (Phi) is 5.26. The summed E-state index contributed by atoms with van der Waals surface area (Å²) in [7, 11) is 0. The van der Waals surface area contributed by atoms with Crippen LogP contribution in [0.4, 0.5) is 0 Å². The summed E-state index contributed by atoms with van der Waals surface area (Å²) in [6.45, 7) is 1.21. The van der Waals surface area contributed by atoms with Crippen molar-refractivity contribution < 1.29 is 9.59 Å². The topological polar surface area (TPSA) is 49.4 Å². The molecule has 1 aliphatic heterocycles. The summed E-state index contributed by atoms with van der Waals surface area (Å²) in [5.41, 5.74) is 2.31. The Labute approximate surface area is 142 Å². The van der Waals surface area contributed by atoms with E-state index in [1.807, 2.05) is 53.4 Å². The van der Waals surface area contributed by atoms with Crippen LogP contribution in [0.5, 0.6) is 0 Å². The molecular weight excluding hydrogens is 300 g/mol. The zero-order valence-electron chi connectivity index (χ0n) is 13.7. The first-order chi connectivity index (χ1) is 11.7. The molecule has 0 aliphatic carbocycles. The maximum atomic E-state index is 12.8. The lowest BCUT2D eigenvalue weighted by Gasteiger charge is -2.26. The molecule has 124 valence electrons. The van der Waals surface area contributed by atoms with Crippen molar-refractivity contribution in [1.29, 1.82) is 0 Å². The van der Waals surface area contributed by atoms with E-state index >= 15 is 0 Å². The molecule has 0 radical (unpaired) electrons. The number of rotatable bonds is 6. The van der Waals surface area contributed by atoms with E-state index in [9.17, 15) is 9.59 Å². The third-order valence-electron chi connectivity index (χ3n) is 4.33. The van der Waals surface area contributed by atoms with Crippen molar-refractivity contribution in [3.05, 3.63) is 71.8 Å². The summed E-state index contributed by atoms with van der Waals surface area (Å²) in [5.74, 6) is -0.0169. The molecule has 0 saturated carbocycles. The van der Waals surface area contributed by atoms with E-state index in [1.54, 1.807) is 0 Å². The van der Waals surface area contributed by atoms with Gasteiger partial charge in [0.2, 0.25) is 11.8 Å². The second-order valence-corrected chi connectivity index (χ2v) is 6.14. The third kappa shape index (κ3) is 4.22. The van der Waals surface area contributed by atoms with Crippen LogP contribution in [-0.2, 0) is 22.6 Å². The first-order valence-corrected chi connectivity index (χ1v) is 8.38. The molecule has 1 saturated heterocycles. The summed E-state index contributed by atoms with van der Waals surface area (Å²) in [6.07, 6.45) is 1.84. The second-order valence-electron chi connectivity index (χ2n) is 6.14. The van der Waals surface area contributed by atoms with E-state index in [1.165, 1.54) is 5.56 Å². The van der Waals surface area contributed by atoms with Gasteiger partial charge in [0, 0.05) is 19.5 Å². The van der Waals surface area contributed by atoms with E-state index in [0.717, 1.165) is 12.0 Å². The summed E-state index contributed by atoms with van der Waals surface area (Å²) < 4.78 is 0. The summed E-state index contributed by atoms with van der Waals surface area (Å²) in [6, 6.07) is 19.8. The molecule has 4 heteroatoms. The minimum absolute atomic E-state index is 0.0145. The predicted molar refractivity (Wildman–Crippen MR) is 93.2 cm³/mol. The number of amides is 2. The molecule has 0 spiro atoms. The van der Waals surface area contributed by atoms with Gasteiger partial charge < -0.3 is 10.2 Å². The van der Waals surface area contributed by atoms with Gasteiger partial charge in [0.15, 0.2) is 0 Å². The molecule has 1 fully saturated rings. The van der Waals surface area contributed by atoms with Gasteiger partial charge in [0.1, 0.15) is 6.04 Å². The number of benzene rings is 2. The molecule has 24 heavy (non-hydrogen) atoms.